The molecular formula is C11H17N3O4S. The topological polar surface area (TPSA) is 89.5 Å². The van der Waals surface area contributed by atoms with Crippen LogP contribution in [0.3, 0.4) is 0 Å². The van der Waals surface area contributed by atoms with Gasteiger partial charge in [0, 0.05) is 13.2 Å². The lowest BCUT2D eigenvalue weighted by Crippen LogP contribution is -2.27. The second kappa shape index (κ2) is 5.52. The van der Waals surface area contributed by atoms with Gasteiger partial charge in [0.25, 0.3) is 0 Å². The standard InChI is InChI=1S/C11H17N3O4S/c1-7(2)9-8(10(15)18-4)6-12-11(13-9)14(3)19(5,16)17/h6-7H,1-5H3. The van der Waals surface area contributed by atoms with E-state index in [0.29, 0.717) is 5.69 Å². The largest absolute Gasteiger partial charge is 0.465 e. The number of esters is 1. The second-order valence-corrected chi connectivity index (χ2v) is 6.36. The number of hydrogen-bond donors (Lipinski definition) is 0. The molecule has 0 unspecified atom stereocenters. The molecule has 1 rings (SSSR count). The van der Waals surface area contributed by atoms with Crippen LogP contribution in [0.1, 0.15) is 35.8 Å². The highest BCUT2D eigenvalue weighted by Crippen LogP contribution is 2.20. The summed E-state index contributed by atoms with van der Waals surface area (Å²) in [5.41, 5.74) is 0.690. The summed E-state index contributed by atoms with van der Waals surface area (Å²) in [6.07, 6.45) is 2.34. The van der Waals surface area contributed by atoms with E-state index in [9.17, 15) is 13.2 Å². The molecule has 0 saturated carbocycles. The first-order chi connectivity index (χ1) is 8.68. The normalized spacial score (nSPS) is 11.5. The Morgan fingerprint density at radius 1 is 1.42 bits per heavy atom. The minimum Gasteiger partial charge on any atom is -0.465 e. The van der Waals surface area contributed by atoms with Crippen molar-refractivity contribution >= 4 is 21.9 Å². The lowest BCUT2D eigenvalue weighted by Gasteiger charge is -2.17. The molecule has 0 radical (unpaired) electrons. The molecule has 0 spiro atoms. The van der Waals surface area contributed by atoms with Gasteiger partial charge in [0.1, 0.15) is 0 Å². The summed E-state index contributed by atoms with van der Waals surface area (Å²) >= 11 is 0. The van der Waals surface area contributed by atoms with Crippen molar-refractivity contribution in [2.45, 2.75) is 19.8 Å². The molecular weight excluding hydrogens is 270 g/mol. The first-order valence-corrected chi connectivity index (χ1v) is 7.42. The minimum atomic E-state index is -3.44. The number of hydrogen-bond acceptors (Lipinski definition) is 6. The van der Waals surface area contributed by atoms with E-state index in [2.05, 4.69) is 14.7 Å². The molecule has 0 aromatic carbocycles. The molecule has 0 fully saturated rings. The molecule has 7 nitrogen and oxygen atoms in total. The summed E-state index contributed by atoms with van der Waals surface area (Å²) in [5.74, 6) is -0.583. The Balaban J connectivity index is 3.36. The fraction of sp³-hybridized carbons (Fsp3) is 0.545. The van der Waals surface area contributed by atoms with Gasteiger partial charge in [-0.05, 0) is 5.92 Å². The van der Waals surface area contributed by atoms with E-state index >= 15 is 0 Å². The van der Waals surface area contributed by atoms with Gasteiger partial charge in [0.05, 0.1) is 24.6 Å². The maximum atomic E-state index is 11.6. The molecule has 0 aliphatic heterocycles. The van der Waals surface area contributed by atoms with Gasteiger partial charge in [-0.25, -0.2) is 27.5 Å². The average molecular weight is 287 g/mol. The summed E-state index contributed by atoms with van der Waals surface area (Å²) in [4.78, 5) is 19.6. The van der Waals surface area contributed by atoms with Crippen molar-refractivity contribution < 1.29 is 17.9 Å². The molecule has 1 aromatic rings. The van der Waals surface area contributed by atoms with Crippen LogP contribution in [-0.4, -0.2) is 44.8 Å². The molecule has 0 bridgehead atoms. The van der Waals surface area contributed by atoms with Crippen LogP contribution in [0.2, 0.25) is 0 Å². The van der Waals surface area contributed by atoms with E-state index in [4.69, 9.17) is 0 Å². The Morgan fingerprint density at radius 2 is 2.00 bits per heavy atom. The molecule has 0 N–H and O–H groups in total. The number of anilines is 1. The Hall–Kier alpha value is -1.70. The van der Waals surface area contributed by atoms with Crippen molar-refractivity contribution in [2.24, 2.45) is 0 Å². The molecule has 19 heavy (non-hydrogen) atoms. The van der Waals surface area contributed by atoms with E-state index in [1.54, 1.807) is 0 Å². The zero-order valence-electron chi connectivity index (χ0n) is 11.5. The van der Waals surface area contributed by atoms with Crippen LogP contribution in [0.25, 0.3) is 0 Å². The zero-order chi connectivity index (χ0) is 14.8. The third-order valence-electron chi connectivity index (χ3n) is 2.54. The fourth-order valence-electron chi connectivity index (χ4n) is 1.39. The monoisotopic (exact) mass is 287 g/mol. The van der Waals surface area contributed by atoms with Crippen LogP contribution in [-0.2, 0) is 14.8 Å². The highest BCUT2D eigenvalue weighted by molar-refractivity contribution is 7.92. The Morgan fingerprint density at radius 3 is 2.42 bits per heavy atom. The first kappa shape index (κ1) is 15.4. The number of rotatable bonds is 4. The predicted octanol–water partition coefficient (Wildman–Crippen LogP) is 0.782. The number of carbonyl (C=O) groups is 1. The van der Waals surface area contributed by atoms with Crippen LogP contribution in [0, 0.1) is 0 Å². The van der Waals surface area contributed by atoms with Gasteiger partial charge in [-0.2, -0.15) is 0 Å². The molecule has 0 saturated heterocycles. The number of nitrogens with zero attached hydrogens (tertiary/aromatic N) is 3. The molecule has 1 aromatic heterocycles. The second-order valence-electron chi connectivity index (χ2n) is 4.35. The van der Waals surface area contributed by atoms with Crippen LogP contribution in [0.5, 0.6) is 0 Å². The molecule has 0 aliphatic rings. The van der Waals surface area contributed by atoms with E-state index in [-0.39, 0.29) is 17.4 Å². The summed E-state index contributed by atoms with van der Waals surface area (Å²) in [6.45, 7) is 3.69. The number of carbonyl (C=O) groups excluding carboxylic acids is 1. The van der Waals surface area contributed by atoms with Gasteiger partial charge in [0.15, 0.2) is 0 Å². The Bertz CT molecular complexity index is 584. The van der Waals surface area contributed by atoms with Crippen molar-refractivity contribution in [2.75, 3.05) is 24.7 Å². The summed E-state index contributed by atoms with van der Waals surface area (Å²) < 4.78 is 28.5. The molecule has 0 amide bonds. The van der Waals surface area contributed by atoms with Crippen LogP contribution >= 0.6 is 0 Å². The smallest absolute Gasteiger partial charge is 0.341 e. The highest BCUT2D eigenvalue weighted by atomic mass is 32.2. The van der Waals surface area contributed by atoms with Crippen molar-refractivity contribution in [3.63, 3.8) is 0 Å². The van der Waals surface area contributed by atoms with Gasteiger partial charge in [-0.3, -0.25) is 0 Å². The van der Waals surface area contributed by atoms with E-state index in [1.165, 1.54) is 20.4 Å². The number of aromatic nitrogens is 2. The minimum absolute atomic E-state index is 0.0267. The van der Waals surface area contributed by atoms with Gasteiger partial charge in [0.2, 0.25) is 16.0 Å². The molecule has 8 heteroatoms. The summed E-state index contributed by atoms with van der Waals surface area (Å²) in [6, 6.07) is 0. The van der Waals surface area contributed by atoms with Crippen LogP contribution < -0.4 is 4.31 Å². The lowest BCUT2D eigenvalue weighted by molar-refractivity contribution is 0.0598. The van der Waals surface area contributed by atoms with E-state index < -0.39 is 16.0 Å². The fourth-order valence-corrected chi connectivity index (χ4v) is 1.78. The van der Waals surface area contributed by atoms with E-state index in [1.807, 2.05) is 13.8 Å². The third-order valence-corrected chi connectivity index (χ3v) is 3.70. The van der Waals surface area contributed by atoms with E-state index in [0.717, 1.165) is 10.6 Å². The quantitative estimate of drug-likeness (QED) is 0.760. The van der Waals surface area contributed by atoms with Crippen LogP contribution in [0.15, 0.2) is 6.20 Å². The molecule has 0 aliphatic carbocycles. The van der Waals surface area contributed by atoms with Gasteiger partial charge in [-0.1, -0.05) is 13.8 Å². The molecule has 106 valence electrons. The molecule has 0 atom stereocenters. The van der Waals surface area contributed by atoms with Gasteiger partial charge < -0.3 is 4.74 Å². The van der Waals surface area contributed by atoms with Crippen molar-refractivity contribution in [3.05, 3.63) is 17.5 Å². The van der Waals surface area contributed by atoms with Gasteiger partial charge in [-0.15, -0.1) is 0 Å². The average Bonchev–Trinajstić information content (AvgIpc) is 2.35. The first-order valence-electron chi connectivity index (χ1n) is 5.57. The maximum absolute atomic E-state index is 11.6. The highest BCUT2D eigenvalue weighted by Gasteiger charge is 2.21. The number of sulfonamides is 1. The van der Waals surface area contributed by atoms with Crippen molar-refractivity contribution in [1.29, 1.82) is 0 Å². The zero-order valence-corrected chi connectivity index (χ0v) is 12.4. The van der Waals surface area contributed by atoms with Crippen molar-refractivity contribution in [3.8, 4) is 0 Å². The summed E-state index contributed by atoms with van der Waals surface area (Å²) in [7, 11) is -0.824. The molecule has 1 heterocycles. The maximum Gasteiger partial charge on any atom is 0.341 e. The van der Waals surface area contributed by atoms with Crippen LogP contribution in [0.4, 0.5) is 5.95 Å². The summed E-state index contributed by atoms with van der Waals surface area (Å²) in [5, 5.41) is 0. The number of methoxy groups -OCH3 is 1. The Kier molecular flexibility index (Phi) is 4.46. The van der Waals surface area contributed by atoms with Gasteiger partial charge >= 0.3 is 5.97 Å². The Labute approximate surface area is 112 Å². The third kappa shape index (κ3) is 3.40. The van der Waals surface area contributed by atoms with Crippen molar-refractivity contribution in [1.82, 2.24) is 9.97 Å². The predicted molar refractivity (Wildman–Crippen MR) is 70.7 cm³/mol. The number of ether oxygens (including phenoxy) is 1. The lowest BCUT2D eigenvalue weighted by atomic mass is 10.1. The SMILES string of the molecule is COC(=O)c1cnc(N(C)S(C)(=O)=O)nc1C(C)C.